The van der Waals surface area contributed by atoms with Gasteiger partial charge in [0.15, 0.2) is 0 Å². The molecule has 1 heterocycles. The van der Waals surface area contributed by atoms with Gasteiger partial charge in [0.2, 0.25) is 0 Å². The number of aliphatic hydroxyl groups is 2. The van der Waals surface area contributed by atoms with Gasteiger partial charge in [-0.1, -0.05) is 24.3 Å². The topological polar surface area (TPSA) is 112 Å². The summed E-state index contributed by atoms with van der Waals surface area (Å²) < 4.78 is 57.9. The molecule has 12 heteroatoms. The van der Waals surface area contributed by atoms with Crippen LogP contribution in [0.3, 0.4) is 0 Å². The van der Waals surface area contributed by atoms with Gasteiger partial charge in [-0.2, -0.15) is 0 Å². The fourth-order valence-electron chi connectivity index (χ4n) is 5.29. The van der Waals surface area contributed by atoms with Gasteiger partial charge in [-0.3, -0.25) is 9.59 Å². The van der Waals surface area contributed by atoms with Crippen LogP contribution in [-0.2, 0) is 11.2 Å². The number of amides is 1. The van der Waals surface area contributed by atoms with E-state index in [1.54, 1.807) is 18.4 Å². The normalized spacial score (nSPS) is 12.5. The smallest absolute Gasteiger partial charge is 1.00 e. The van der Waals surface area contributed by atoms with E-state index < -0.39 is 59.8 Å². The second-order valence-electron chi connectivity index (χ2n) is 10.8. The number of aliphatic carboxylic acids is 1. The van der Waals surface area contributed by atoms with Gasteiger partial charge in [0, 0.05) is 28.9 Å². The number of carboxylic acid groups (broad SMARTS) is 1. The minimum Gasteiger partial charge on any atom is -1.00 e. The van der Waals surface area contributed by atoms with Crippen LogP contribution in [0.5, 0.6) is 0 Å². The van der Waals surface area contributed by atoms with Crippen LogP contribution in [0.15, 0.2) is 66.7 Å². The van der Waals surface area contributed by atoms with Crippen LogP contribution in [0, 0.1) is 23.3 Å². The predicted molar refractivity (Wildman–Crippen MR) is 158 cm³/mol. The largest absolute Gasteiger partial charge is 1.00 e. The molecular formula is C33H33F4N2NaO5. The maximum atomic E-state index is 14.6. The first-order chi connectivity index (χ1) is 20.8. The number of anilines is 1. The molecular weight excluding hydrogens is 603 g/mol. The summed E-state index contributed by atoms with van der Waals surface area (Å²) in [4.78, 5) is 25.0. The number of benzene rings is 3. The number of nitrogens with zero attached hydrogens (tertiary/aromatic N) is 1. The Morgan fingerprint density at radius 3 is 1.87 bits per heavy atom. The summed E-state index contributed by atoms with van der Waals surface area (Å²) in [6.07, 6.45) is -2.96. The molecule has 3 aromatic carbocycles. The number of halogens is 4. The number of hydrogen-bond donors (Lipinski definition) is 4. The standard InChI is InChI=1S/C33H32F4N2O5.Na.H/c1-18(2)39-28(14-12-24(40)16-25(41)17-29(42)43)30(19-3-7-21(34)8-4-19)31(20-5-9-22(35)10-6-20)32(39)33(44)38-27-13-11-23(36)15-26(27)37;;/h3-11,13,15,18,24-25,40-41H,12,14,16-17H2,1-2H3,(H,38,44)(H,42,43);;/q;+1;-1/t24-,25-;;/m1../s1. The van der Waals surface area contributed by atoms with E-state index in [4.69, 9.17) is 5.11 Å². The first-order valence-corrected chi connectivity index (χ1v) is 14.0. The molecule has 4 aromatic rings. The van der Waals surface area contributed by atoms with Gasteiger partial charge >= 0.3 is 35.5 Å². The first-order valence-electron chi connectivity index (χ1n) is 14.0. The Labute approximate surface area is 281 Å². The summed E-state index contributed by atoms with van der Waals surface area (Å²) in [7, 11) is 0. The minimum atomic E-state index is -1.28. The van der Waals surface area contributed by atoms with Crippen LogP contribution < -0.4 is 34.9 Å². The van der Waals surface area contributed by atoms with Crippen molar-refractivity contribution in [2.24, 2.45) is 0 Å². The van der Waals surface area contributed by atoms with E-state index in [9.17, 15) is 37.4 Å². The third-order valence-electron chi connectivity index (χ3n) is 7.15. The minimum absolute atomic E-state index is 0. The summed E-state index contributed by atoms with van der Waals surface area (Å²) in [6.45, 7) is 3.60. The molecule has 0 unspecified atom stereocenters. The van der Waals surface area contributed by atoms with Crippen molar-refractivity contribution in [1.82, 2.24) is 4.57 Å². The van der Waals surface area contributed by atoms with E-state index >= 15 is 0 Å². The van der Waals surface area contributed by atoms with Crippen molar-refractivity contribution in [1.29, 1.82) is 0 Å². The number of aliphatic hydroxyl groups excluding tert-OH is 2. The number of carbonyl (C=O) groups is 2. The molecule has 234 valence electrons. The molecule has 0 aliphatic heterocycles. The van der Waals surface area contributed by atoms with Gasteiger partial charge in [-0.15, -0.1) is 0 Å². The second kappa shape index (κ2) is 15.7. The van der Waals surface area contributed by atoms with Crippen molar-refractivity contribution in [3.8, 4) is 22.3 Å². The van der Waals surface area contributed by atoms with Crippen molar-refractivity contribution >= 4 is 17.6 Å². The zero-order valence-electron chi connectivity index (χ0n) is 26.0. The molecule has 0 fully saturated rings. The number of hydrogen-bond acceptors (Lipinski definition) is 4. The van der Waals surface area contributed by atoms with Crippen LogP contribution in [0.25, 0.3) is 22.3 Å². The molecule has 0 saturated heterocycles. The first kappa shape index (κ1) is 36.0. The van der Waals surface area contributed by atoms with Crippen LogP contribution in [0.4, 0.5) is 23.2 Å². The molecule has 2 atom stereocenters. The molecule has 0 saturated carbocycles. The van der Waals surface area contributed by atoms with E-state index in [1.807, 2.05) is 0 Å². The fraction of sp³-hybridized carbons (Fsp3) is 0.273. The number of nitrogens with one attached hydrogen (secondary N) is 1. The fourth-order valence-corrected chi connectivity index (χ4v) is 5.29. The molecule has 1 amide bonds. The molecule has 0 aliphatic rings. The number of carboxylic acids is 1. The van der Waals surface area contributed by atoms with Crippen molar-refractivity contribution in [3.63, 3.8) is 0 Å². The van der Waals surface area contributed by atoms with Gasteiger partial charge in [0.25, 0.3) is 5.91 Å². The Hall–Kier alpha value is -3.48. The summed E-state index contributed by atoms with van der Waals surface area (Å²) in [6, 6.07) is 13.2. The molecule has 45 heavy (non-hydrogen) atoms. The summed E-state index contributed by atoms with van der Waals surface area (Å²) in [5, 5.41) is 32.2. The number of carbonyl (C=O) groups excluding carboxylic acids is 1. The van der Waals surface area contributed by atoms with Crippen LogP contribution in [0.1, 0.15) is 56.8 Å². The number of aromatic nitrogens is 1. The monoisotopic (exact) mass is 636 g/mol. The quantitative estimate of drug-likeness (QED) is 0.140. The zero-order chi connectivity index (χ0) is 32.1. The van der Waals surface area contributed by atoms with E-state index in [-0.39, 0.29) is 61.6 Å². The van der Waals surface area contributed by atoms with Crippen LogP contribution in [0.2, 0.25) is 0 Å². The van der Waals surface area contributed by atoms with E-state index in [2.05, 4.69) is 5.32 Å². The van der Waals surface area contributed by atoms with Crippen molar-refractivity contribution in [2.75, 3.05) is 5.32 Å². The van der Waals surface area contributed by atoms with E-state index in [0.29, 0.717) is 34.0 Å². The summed E-state index contributed by atoms with van der Waals surface area (Å²) >= 11 is 0. The molecule has 4 rings (SSSR count). The van der Waals surface area contributed by atoms with E-state index in [1.165, 1.54) is 48.5 Å². The van der Waals surface area contributed by atoms with Gasteiger partial charge in [-0.25, -0.2) is 17.6 Å². The van der Waals surface area contributed by atoms with Gasteiger partial charge in [0.05, 0.1) is 24.3 Å². The van der Waals surface area contributed by atoms with Crippen molar-refractivity contribution in [3.05, 3.63) is 101 Å². The third kappa shape index (κ3) is 8.83. The predicted octanol–water partition coefficient (Wildman–Crippen LogP) is 3.85. The van der Waals surface area contributed by atoms with E-state index in [0.717, 1.165) is 12.1 Å². The Kier molecular flexibility index (Phi) is 12.5. The zero-order valence-corrected chi connectivity index (χ0v) is 27.0. The summed E-state index contributed by atoms with van der Waals surface area (Å²) in [5.74, 6) is -4.82. The SMILES string of the molecule is CC(C)n1c(CC[C@@H](O)C[C@@H](O)CC(=O)O)c(-c2ccc(F)cc2)c(-c2ccc(F)cc2)c1C(=O)Nc1ccc(F)cc1F.[H-].[Na+]. The maximum absolute atomic E-state index is 14.6. The van der Waals surface area contributed by atoms with Crippen molar-refractivity contribution in [2.45, 2.75) is 57.8 Å². The Morgan fingerprint density at radius 2 is 1.36 bits per heavy atom. The molecule has 0 radical (unpaired) electrons. The second-order valence-corrected chi connectivity index (χ2v) is 10.8. The van der Waals surface area contributed by atoms with Crippen molar-refractivity contribution < 1.29 is 73.5 Å². The van der Waals surface area contributed by atoms with Crippen LogP contribution in [-0.4, -0.2) is 44.0 Å². The molecule has 4 N–H and O–H groups in total. The van der Waals surface area contributed by atoms with Gasteiger partial charge in [-0.05, 0) is 80.6 Å². The molecule has 1 aromatic heterocycles. The molecule has 0 aliphatic carbocycles. The Bertz CT molecular complexity index is 1650. The van der Waals surface area contributed by atoms with Crippen LogP contribution >= 0.6 is 0 Å². The third-order valence-corrected chi connectivity index (χ3v) is 7.15. The Balaban J connectivity index is 0.00000368. The van der Waals surface area contributed by atoms with Gasteiger partial charge in [0.1, 0.15) is 29.0 Å². The van der Waals surface area contributed by atoms with Gasteiger partial charge < -0.3 is 26.6 Å². The summed E-state index contributed by atoms with van der Waals surface area (Å²) in [5.41, 5.74) is 2.06. The average Bonchev–Trinajstić information content (AvgIpc) is 3.29. The Morgan fingerprint density at radius 1 is 0.822 bits per heavy atom. The number of rotatable bonds is 12. The molecule has 0 spiro atoms. The molecule has 7 nitrogen and oxygen atoms in total. The average molecular weight is 637 g/mol. The maximum Gasteiger partial charge on any atom is 1.00 e. The molecule has 0 bridgehead atoms.